The highest BCUT2D eigenvalue weighted by Crippen LogP contribution is 2.34. The van der Waals surface area contributed by atoms with Crippen molar-refractivity contribution >= 4 is 0 Å². The monoisotopic (exact) mass is 238 g/mol. The van der Waals surface area contributed by atoms with Crippen molar-refractivity contribution in [1.82, 2.24) is 10.2 Å². The first-order chi connectivity index (χ1) is 8.20. The minimum Gasteiger partial charge on any atom is -0.318 e. The van der Waals surface area contributed by atoms with Crippen molar-refractivity contribution in [3.05, 3.63) is 0 Å². The van der Waals surface area contributed by atoms with Gasteiger partial charge in [0.25, 0.3) is 0 Å². The summed E-state index contributed by atoms with van der Waals surface area (Å²) < 4.78 is 0. The molecule has 0 aromatic rings. The molecular weight excluding hydrogens is 208 g/mol. The van der Waals surface area contributed by atoms with E-state index < -0.39 is 0 Å². The number of hydrogen-bond acceptors (Lipinski definition) is 2. The first kappa shape index (κ1) is 13.4. The Labute approximate surface area is 107 Å². The van der Waals surface area contributed by atoms with Gasteiger partial charge in [-0.15, -0.1) is 0 Å². The standard InChI is InChI=1S/C15H30N2/c1-12-8-13(2)10-15(9-12)17-7-5-4-6-14(17)11-16-3/h12-16H,4-11H2,1-3H3. The lowest BCUT2D eigenvalue weighted by Crippen LogP contribution is -2.52. The summed E-state index contributed by atoms with van der Waals surface area (Å²) in [6.07, 6.45) is 8.57. The molecule has 1 heterocycles. The van der Waals surface area contributed by atoms with Crippen LogP contribution in [0.5, 0.6) is 0 Å². The first-order valence-electron chi connectivity index (χ1n) is 7.61. The van der Waals surface area contributed by atoms with Crippen molar-refractivity contribution in [2.75, 3.05) is 20.1 Å². The van der Waals surface area contributed by atoms with E-state index in [9.17, 15) is 0 Å². The molecule has 0 spiro atoms. The molecule has 3 unspecified atom stereocenters. The summed E-state index contributed by atoms with van der Waals surface area (Å²) in [5, 5.41) is 3.39. The topological polar surface area (TPSA) is 15.3 Å². The maximum absolute atomic E-state index is 3.39. The van der Waals surface area contributed by atoms with Crippen molar-refractivity contribution < 1.29 is 0 Å². The molecule has 0 aromatic heterocycles. The van der Waals surface area contributed by atoms with Crippen LogP contribution in [0.4, 0.5) is 0 Å². The van der Waals surface area contributed by atoms with Crippen LogP contribution >= 0.6 is 0 Å². The Morgan fingerprint density at radius 2 is 1.76 bits per heavy atom. The van der Waals surface area contributed by atoms with E-state index >= 15 is 0 Å². The van der Waals surface area contributed by atoms with Gasteiger partial charge >= 0.3 is 0 Å². The molecule has 3 atom stereocenters. The van der Waals surface area contributed by atoms with Crippen LogP contribution in [0.15, 0.2) is 0 Å². The molecular formula is C15H30N2. The molecule has 2 nitrogen and oxygen atoms in total. The molecule has 2 heteroatoms. The Balaban J connectivity index is 1.97. The highest BCUT2D eigenvalue weighted by molar-refractivity contribution is 4.88. The van der Waals surface area contributed by atoms with E-state index in [1.165, 1.54) is 51.6 Å². The van der Waals surface area contributed by atoms with Crippen molar-refractivity contribution in [1.29, 1.82) is 0 Å². The lowest BCUT2D eigenvalue weighted by Gasteiger charge is -2.45. The lowest BCUT2D eigenvalue weighted by atomic mass is 9.78. The van der Waals surface area contributed by atoms with Crippen LogP contribution in [0.25, 0.3) is 0 Å². The van der Waals surface area contributed by atoms with E-state index in [0.29, 0.717) is 0 Å². The third-order valence-electron chi connectivity index (χ3n) is 4.74. The molecule has 0 radical (unpaired) electrons. The third kappa shape index (κ3) is 3.45. The van der Waals surface area contributed by atoms with Gasteiger partial charge < -0.3 is 5.32 Å². The van der Waals surface area contributed by atoms with E-state index in [0.717, 1.165) is 23.9 Å². The summed E-state index contributed by atoms with van der Waals surface area (Å²) in [7, 11) is 2.10. The van der Waals surface area contributed by atoms with Gasteiger partial charge in [0.05, 0.1) is 0 Å². The summed E-state index contributed by atoms with van der Waals surface area (Å²) in [6.45, 7) is 7.41. The van der Waals surface area contributed by atoms with Crippen LogP contribution in [0, 0.1) is 11.8 Å². The molecule has 1 saturated carbocycles. The Kier molecular flexibility index (Phi) is 4.87. The van der Waals surface area contributed by atoms with Gasteiger partial charge in [0, 0.05) is 18.6 Å². The molecule has 2 rings (SSSR count). The number of likely N-dealkylation sites (tertiary alicyclic amines) is 1. The molecule has 100 valence electrons. The second-order valence-corrected chi connectivity index (χ2v) is 6.52. The highest BCUT2D eigenvalue weighted by atomic mass is 15.2. The second-order valence-electron chi connectivity index (χ2n) is 6.52. The predicted octanol–water partition coefficient (Wildman–Crippen LogP) is 2.89. The van der Waals surface area contributed by atoms with Gasteiger partial charge in [0.15, 0.2) is 0 Å². The molecule has 1 aliphatic carbocycles. The van der Waals surface area contributed by atoms with Gasteiger partial charge in [-0.05, 0) is 57.5 Å². The zero-order valence-electron chi connectivity index (χ0n) is 11.9. The fourth-order valence-electron chi connectivity index (χ4n) is 4.13. The summed E-state index contributed by atoms with van der Waals surface area (Å²) >= 11 is 0. The number of rotatable bonds is 3. The fraction of sp³-hybridized carbons (Fsp3) is 1.00. The van der Waals surface area contributed by atoms with Gasteiger partial charge in [-0.25, -0.2) is 0 Å². The third-order valence-corrected chi connectivity index (χ3v) is 4.74. The zero-order valence-corrected chi connectivity index (χ0v) is 11.9. The number of piperidine rings is 1. The van der Waals surface area contributed by atoms with Gasteiger partial charge in [-0.1, -0.05) is 20.3 Å². The Hall–Kier alpha value is -0.0800. The first-order valence-corrected chi connectivity index (χ1v) is 7.61. The summed E-state index contributed by atoms with van der Waals surface area (Å²) in [4.78, 5) is 2.84. The number of nitrogens with one attached hydrogen (secondary N) is 1. The minimum atomic E-state index is 0.802. The summed E-state index contributed by atoms with van der Waals surface area (Å²) in [6, 6.07) is 1.67. The molecule has 1 N–H and O–H groups in total. The highest BCUT2D eigenvalue weighted by Gasteiger charge is 2.33. The van der Waals surface area contributed by atoms with Crippen LogP contribution in [-0.2, 0) is 0 Å². The van der Waals surface area contributed by atoms with Crippen LogP contribution in [0.3, 0.4) is 0 Å². The normalized spacial score (nSPS) is 40.4. The van der Waals surface area contributed by atoms with Crippen molar-refractivity contribution in [2.45, 2.75) is 64.5 Å². The average molecular weight is 238 g/mol. The summed E-state index contributed by atoms with van der Waals surface area (Å²) in [5.41, 5.74) is 0. The van der Waals surface area contributed by atoms with Crippen LogP contribution in [0.1, 0.15) is 52.4 Å². The van der Waals surface area contributed by atoms with Crippen molar-refractivity contribution in [2.24, 2.45) is 11.8 Å². The van der Waals surface area contributed by atoms with E-state index in [-0.39, 0.29) is 0 Å². The van der Waals surface area contributed by atoms with Gasteiger partial charge in [0.2, 0.25) is 0 Å². The maximum Gasteiger partial charge on any atom is 0.0223 e. The summed E-state index contributed by atoms with van der Waals surface area (Å²) in [5.74, 6) is 1.86. The van der Waals surface area contributed by atoms with Gasteiger partial charge in [0.1, 0.15) is 0 Å². The molecule has 1 saturated heterocycles. The van der Waals surface area contributed by atoms with E-state index in [1.807, 2.05) is 0 Å². The van der Waals surface area contributed by atoms with E-state index in [4.69, 9.17) is 0 Å². The molecule has 0 amide bonds. The molecule has 2 aliphatic rings. The Morgan fingerprint density at radius 1 is 1.06 bits per heavy atom. The van der Waals surface area contributed by atoms with Crippen LogP contribution in [0.2, 0.25) is 0 Å². The zero-order chi connectivity index (χ0) is 12.3. The SMILES string of the molecule is CNCC1CCCCN1C1CC(C)CC(C)C1. The van der Waals surface area contributed by atoms with E-state index in [1.54, 1.807) is 0 Å². The van der Waals surface area contributed by atoms with Crippen LogP contribution in [-0.4, -0.2) is 37.1 Å². The maximum atomic E-state index is 3.39. The quantitative estimate of drug-likeness (QED) is 0.813. The average Bonchev–Trinajstić information content (AvgIpc) is 2.29. The molecule has 1 aliphatic heterocycles. The van der Waals surface area contributed by atoms with Gasteiger partial charge in [-0.3, -0.25) is 4.90 Å². The smallest absolute Gasteiger partial charge is 0.0223 e. The van der Waals surface area contributed by atoms with Crippen molar-refractivity contribution in [3.8, 4) is 0 Å². The molecule has 0 aromatic carbocycles. The number of nitrogens with zero attached hydrogens (tertiary/aromatic N) is 1. The Bertz CT molecular complexity index is 217. The fourth-order valence-corrected chi connectivity index (χ4v) is 4.13. The predicted molar refractivity (Wildman–Crippen MR) is 74.2 cm³/mol. The van der Waals surface area contributed by atoms with Gasteiger partial charge in [-0.2, -0.15) is 0 Å². The molecule has 2 fully saturated rings. The van der Waals surface area contributed by atoms with E-state index in [2.05, 4.69) is 31.1 Å². The van der Waals surface area contributed by atoms with Crippen LogP contribution < -0.4 is 5.32 Å². The lowest BCUT2D eigenvalue weighted by molar-refractivity contribution is 0.0473. The molecule has 17 heavy (non-hydrogen) atoms. The van der Waals surface area contributed by atoms with Crippen molar-refractivity contribution in [3.63, 3.8) is 0 Å². The number of likely N-dealkylation sites (N-methyl/N-ethyl adjacent to an activating group) is 1. The number of hydrogen-bond donors (Lipinski definition) is 1. The second kappa shape index (κ2) is 6.19. The minimum absolute atomic E-state index is 0.802. The molecule has 0 bridgehead atoms. The Morgan fingerprint density at radius 3 is 2.41 bits per heavy atom. The largest absolute Gasteiger partial charge is 0.318 e.